The fraction of sp³-hybridized carbons (Fsp3) is 0.350. The number of aromatic nitrogens is 2. The Morgan fingerprint density at radius 1 is 1.39 bits per heavy atom. The van der Waals surface area contributed by atoms with Gasteiger partial charge in [0.05, 0.1) is 0 Å². The predicted octanol–water partition coefficient (Wildman–Crippen LogP) is -0.225. The monoisotopic (exact) mass is 531 g/mol. The van der Waals surface area contributed by atoms with Crippen molar-refractivity contribution in [1.29, 1.82) is 0 Å². The summed E-state index contributed by atoms with van der Waals surface area (Å²) in [6, 6.07) is -0.949. The van der Waals surface area contributed by atoms with Crippen LogP contribution in [0.2, 0.25) is 0 Å². The van der Waals surface area contributed by atoms with Crippen LogP contribution in [-0.2, 0) is 19.2 Å². The highest BCUT2D eigenvalue weighted by Gasteiger charge is 2.54. The minimum Gasteiger partial charge on any atom is -0.477 e. The van der Waals surface area contributed by atoms with E-state index in [1.54, 1.807) is 11.2 Å². The zero-order valence-electron chi connectivity index (χ0n) is 19.1. The number of rotatable bonds is 7. The Morgan fingerprint density at radius 2 is 2.19 bits per heavy atom. The molecular weight excluding hydrogens is 510 g/mol. The molecule has 1 fully saturated rings. The molecule has 1 saturated heterocycles. The minimum absolute atomic E-state index is 0.0337. The molecule has 0 aromatic carbocycles. The summed E-state index contributed by atoms with van der Waals surface area (Å²) in [4.78, 5) is 49.9. The topological polar surface area (TPSA) is 179 Å². The van der Waals surface area contributed by atoms with Crippen LogP contribution in [0, 0.1) is 5.92 Å². The lowest BCUT2D eigenvalue weighted by atomic mass is 10.0. The van der Waals surface area contributed by atoms with Crippen molar-refractivity contribution in [2.24, 2.45) is 16.2 Å². The second-order valence-corrected chi connectivity index (χ2v) is 10.0. The number of nitrogens with one attached hydrogen (secondary N) is 1. The summed E-state index contributed by atoms with van der Waals surface area (Å²) in [6.45, 7) is 2.29. The fourth-order valence-corrected chi connectivity index (χ4v) is 5.88. The molecule has 1 unspecified atom stereocenters. The maximum Gasteiger partial charge on any atom is 0.352 e. The molecule has 0 saturated carbocycles. The number of allylic oxidation sites excluding steroid dienone is 1. The number of β-lactam (4-membered cyclic amide) rings is 1. The van der Waals surface area contributed by atoms with Crippen molar-refractivity contribution in [2.75, 3.05) is 25.1 Å². The summed E-state index contributed by atoms with van der Waals surface area (Å²) >= 11 is 2.25. The van der Waals surface area contributed by atoms with Gasteiger partial charge in [0.25, 0.3) is 11.8 Å². The molecule has 2 amide bonds. The molecule has 14 nitrogen and oxygen atoms in total. The standard InChI is InChI=1S/C20H21N9O5S2/c1-9-5-11-27(3-4-28(11)22-6-9)7-10-8-35-18-13(17(31)29(18)14(10)19(32)33)23-16(30)12(25-34-2)15-24-20(21)36-26-15/h3-6,9,13,18H,7-8H2,1-2H3,(H,23,30)(H,32,33)(H2,21,24,26)/t9?,13-,18+/m1/s1. The number of hydrazone groups is 1. The number of anilines is 1. The number of hydrogen-bond acceptors (Lipinski definition) is 13. The van der Waals surface area contributed by atoms with Gasteiger partial charge >= 0.3 is 5.97 Å². The molecular formula is C20H21N9O5S2. The summed E-state index contributed by atoms with van der Waals surface area (Å²) in [7, 11) is 1.26. The van der Waals surface area contributed by atoms with Crippen LogP contribution in [0.4, 0.5) is 5.13 Å². The van der Waals surface area contributed by atoms with Gasteiger partial charge in [-0.3, -0.25) is 14.5 Å². The molecule has 4 aliphatic rings. The molecule has 0 bridgehead atoms. The van der Waals surface area contributed by atoms with Crippen LogP contribution in [0.3, 0.4) is 0 Å². The van der Waals surface area contributed by atoms with Crippen LogP contribution >= 0.6 is 23.3 Å². The summed E-state index contributed by atoms with van der Waals surface area (Å²) in [5.74, 6) is -1.18. The molecule has 36 heavy (non-hydrogen) atoms. The van der Waals surface area contributed by atoms with Gasteiger partial charge in [-0.2, -0.15) is 14.5 Å². The molecule has 5 heterocycles. The van der Waals surface area contributed by atoms with E-state index in [0.29, 0.717) is 11.3 Å². The normalized spacial score (nSPS) is 24.9. The lowest BCUT2D eigenvalue weighted by Gasteiger charge is -2.49. The lowest BCUT2D eigenvalue weighted by molar-refractivity contribution is -0.150. The Morgan fingerprint density at radius 3 is 2.89 bits per heavy atom. The number of nitrogen functional groups attached to an aromatic ring is 1. The van der Waals surface area contributed by atoms with Gasteiger partial charge in [0, 0.05) is 48.4 Å². The predicted molar refractivity (Wildman–Crippen MR) is 131 cm³/mol. The van der Waals surface area contributed by atoms with E-state index in [1.165, 1.54) is 23.8 Å². The highest BCUT2D eigenvalue weighted by Crippen LogP contribution is 2.41. The molecule has 4 N–H and O–H groups in total. The Balaban J connectivity index is 1.33. The number of carboxylic acid groups (broad SMARTS) is 1. The van der Waals surface area contributed by atoms with Crippen molar-refractivity contribution in [1.82, 2.24) is 29.5 Å². The van der Waals surface area contributed by atoms with Gasteiger partial charge in [0.15, 0.2) is 5.13 Å². The molecule has 1 aromatic rings. The second-order valence-electron chi connectivity index (χ2n) is 8.12. The van der Waals surface area contributed by atoms with Crippen LogP contribution in [0.25, 0.3) is 0 Å². The van der Waals surface area contributed by atoms with Crippen LogP contribution in [-0.4, -0.2) is 89.8 Å². The molecule has 5 rings (SSSR count). The average molecular weight is 532 g/mol. The fourth-order valence-electron chi connectivity index (χ4n) is 4.11. The SMILES string of the molecule is CON=C(C(=O)N[C@@H]1C(=O)N2C(C(=O)O)=C(CN3C=CN4N=CC(C)C=C34)CS[C@@H]12)c1nsc(N)n1. The van der Waals surface area contributed by atoms with E-state index in [4.69, 9.17) is 10.6 Å². The molecule has 0 radical (unpaired) electrons. The van der Waals surface area contributed by atoms with Crippen molar-refractivity contribution >= 4 is 58.1 Å². The third-order valence-corrected chi connectivity index (χ3v) is 7.59. The van der Waals surface area contributed by atoms with E-state index >= 15 is 0 Å². The summed E-state index contributed by atoms with van der Waals surface area (Å²) in [6.07, 6.45) is 7.45. The molecule has 16 heteroatoms. The van der Waals surface area contributed by atoms with Crippen LogP contribution < -0.4 is 11.1 Å². The molecule has 0 aliphatic carbocycles. The quantitative estimate of drug-likeness (QED) is 0.240. The highest BCUT2D eigenvalue weighted by molar-refractivity contribution is 8.00. The first-order valence-electron chi connectivity index (χ1n) is 10.7. The maximum atomic E-state index is 13.0. The van der Waals surface area contributed by atoms with E-state index in [2.05, 4.69) is 24.9 Å². The number of amides is 2. The number of carbonyl (C=O) groups excluding carboxylic acids is 2. The molecule has 1 aromatic heterocycles. The number of hydrogen-bond donors (Lipinski definition) is 3. The Hall–Kier alpha value is -3.92. The smallest absolute Gasteiger partial charge is 0.352 e. The van der Waals surface area contributed by atoms with Gasteiger partial charge in [0.1, 0.15) is 30.0 Å². The average Bonchev–Trinajstić information content (AvgIpc) is 3.46. The number of carbonyl (C=O) groups is 3. The molecule has 0 spiro atoms. The van der Waals surface area contributed by atoms with E-state index in [0.717, 1.165) is 17.4 Å². The first-order valence-corrected chi connectivity index (χ1v) is 12.5. The molecule has 3 atom stereocenters. The van der Waals surface area contributed by atoms with Gasteiger partial charge in [-0.25, -0.2) is 9.80 Å². The number of fused-ring (bicyclic) bond motifs is 2. The van der Waals surface area contributed by atoms with Crippen LogP contribution in [0.1, 0.15) is 12.7 Å². The van der Waals surface area contributed by atoms with E-state index < -0.39 is 29.2 Å². The number of nitrogens with two attached hydrogens (primary N) is 1. The first kappa shape index (κ1) is 23.8. The summed E-state index contributed by atoms with van der Waals surface area (Å²) in [5.41, 5.74) is 5.86. The number of aliphatic carboxylic acids is 1. The molecule has 188 valence electrons. The van der Waals surface area contributed by atoms with Gasteiger partial charge in [-0.15, -0.1) is 11.8 Å². The Bertz CT molecular complexity index is 1290. The number of thioether (sulfide) groups is 1. The summed E-state index contributed by atoms with van der Waals surface area (Å²) < 4.78 is 3.96. The Labute approximate surface area is 213 Å². The zero-order chi connectivity index (χ0) is 25.6. The van der Waals surface area contributed by atoms with Gasteiger partial charge in [0.2, 0.25) is 11.5 Å². The van der Waals surface area contributed by atoms with Crippen LogP contribution in [0.5, 0.6) is 0 Å². The Kier molecular flexibility index (Phi) is 6.13. The van der Waals surface area contributed by atoms with Gasteiger partial charge < -0.3 is 25.9 Å². The number of nitrogens with zero attached hydrogens (tertiary/aromatic N) is 7. The number of carboxylic acids is 1. The van der Waals surface area contributed by atoms with Gasteiger partial charge in [-0.05, 0) is 11.6 Å². The first-order chi connectivity index (χ1) is 17.3. The van der Waals surface area contributed by atoms with Crippen molar-refractivity contribution in [3.05, 3.63) is 41.4 Å². The maximum absolute atomic E-state index is 13.0. The second kappa shape index (κ2) is 9.27. The highest BCUT2D eigenvalue weighted by atomic mass is 32.2. The minimum atomic E-state index is -1.21. The van der Waals surface area contributed by atoms with Crippen LogP contribution in [0.15, 0.2) is 45.8 Å². The largest absolute Gasteiger partial charge is 0.477 e. The zero-order valence-corrected chi connectivity index (χ0v) is 20.7. The number of oxime groups is 1. The van der Waals surface area contributed by atoms with E-state index in [9.17, 15) is 19.5 Å². The van der Waals surface area contributed by atoms with Crippen molar-refractivity contribution < 1.29 is 24.3 Å². The van der Waals surface area contributed by atoms with Crippen molar-refractivity contribution in [3.8, 4) is 0 Å². The lowest BCUT2D eigenvalue weighted by Crippen LogP contribution is -2.71. The third-order valence-electron chi connectivity index (χ3n) is 5.70. The third kappa shape index (κ3) is 4.07. The van der Waals surface area contributed by atoms with E-state index in [1.807, 2.05) is 30.3 Å². The van der Waals surface area contributed by atoms with Crippen molar-refractivity contribution in [3.63, 3.8) is 0 Å². The summed E-state index contributed by atoms with van der Waals surface area (Å²) in [5, 5.41) is 21.9. The van der Waals surface area contributed by atoms with E-state index in [-0.39, 0.29) is 34.8 Å². The van der Waals surface area contributed by atoms with Crippen molar-refractivity contribution in [2.45, 2.75) is 18.3 Å². The van der Waals surface area contributed by atoms with Gasteiger partial charge in [-0.1, -0.05) is 12.1 Å². The molecule has 4 aliphatic heterocycles.